The van der Waals surface area contributed by atoms with E-state index in [9.17, 15) is 12.8 Å². The summed E-state index contributed by atoms with van der Waals surface area (Å²) in [5.41, 5.74) is -0.213. The van der Waals surface area contributed by atoms with Crippen LogP contribution in [0.25, 0.3) is 0 Å². The lowest BCUT2D eigenvalue weighted by Gasteiger charge is -2.51. The molecule has 1 aliphatic carbocycles. The quantitative estimate of drug-likeness (QED) is 0.570. The lowest BCUT2D eigenvalue weighted by molar-refractivity contribution is 0.00171. The minimum atomic E-state index is -4.17. The van der Waals surface area contributed by atoms with E-state index in [0.29, 0.717) is 23.6 Å². The lowest BCUT2D eigenvalue weighted by atomic mass is 9.63. The van der Waals surface area contributed by atoms with Gasteiger partial charge in [-0.15, -0.1) is 0 Å². The molecule has 4 nitrogen and oxygen atoms in total. The molecule has 2 aromatic carbocycles. The van der Waals surface area contributed by atoms with E-state index in [1.165, 1.54) is 24.3 Å². The average Bonchev–Trinajstić information content (AvgIpc) is 3.11. The smallest absolute Gasteiger partial charge is 0.188 e. The molecule has 1 saturated carbocycles. The Hall–Kier alpha value is -2.12. The predicted octanol–water partition coefficient (Wildman–Crippen LogP) is 5.64. The number of benzene rings is 2. The van der Waals surface area contributed by atoms with Crippen molar-refractivity contribution in [2.45, 2.75) is 41.9 Å². The summed E-state index contributed by atoms with van der Waals surface area (Å²) in [5, 5.41) is 0.387. The van der Waals surface area contributed by atoms with Crippen molar-refractivity contribution in [2.75, 3.05) is 6.61 Å². The summed E-state index contributed by atoms with van der Waals surface area (Å²) < 4.78 is 68.8. The van der Waals surface area contributed by atoms with Crippen molar-refractivity contribution >= 4 is 21.4 Å². The van der Waals surface area contributed by atoms with Crippen LogP contribution in [0, 0.1) is 29.4 Å². The van der Waals surface area contributed by atoms with Crippen molar-refractivity contribution < 1.29 is 26.7 Å². The molecule has 5 rings (SSSR count). The first-order valence-electron chi connectivity index (χ1n) is 10.7. The Balaban J connectivity index is 1.80. The second-order valence-corrected chi connectivity index (χ2v) is 11.4. The van der Waals surface area contributed by atoms with Crippen LogP contribution in [0.15, 0.2) is 53.6 Å². The summed E-state index contributed by atoms with van der Waals surface area (Å²) >= 11 is 5.99. The number of allylic oxidation sites excluding steroid dienone is 1. The van der Waals surface area contributed by atoms with Crippen LogP contribution < -0.4 is 4.74 Å². The molecule has 5 atom stereocenters. The molecule has 1 saturated heterocycles. The van der Waals surface area contributed by atoms with Gasteiger partial charge < -0.3 is 9.47 Å². The molecule has 0 spiro atoms. The second kappa shape index (κ2) is 7.45. The number of sulfone groups is 1. The number of halogens is 3. The molecule has 170 valence electrons. The molecule has 3 aliphatic rings. The van der Waals surface area contributed by atoms with Crippen molar-refractivity contribution in [3.05, 3.63) is 71.0 Å². The molecule has 0 unspecified atom stereocenters. The van der Waals surface area contributed by atoms with Crippen LogP contribution in [0.3, 0.4) is 0 Å². The summed E-state index contributed by atoms with van der Waals surface area (Å²) in [6.45, 7) is 5.98. The Morgan fingerprint density at radius 1 is 1.16 bits per heavy atom. The highest BCUT2D eigenvalue weighted by atomic mass is 35.5. The van der Waals surface area contributed by atoms with Crippen LogP contribution in [0.4, 0.5) is 8.78 Å². The normalized spacial score (nSPS) is 31.2. The zero-order valence-corrected chi connectivity index (χ0v) is 19.1. The van der Waals surface area contributed by atoms with Crippen molar-refractivity contribution in [1.29, 1.82) is 0 Å². The minimum Gasteiger partial charge on any atom is -0.495 e. The van der Waals surface area contributed by atoms with Gasteiger partial charge in [-0.05, 0) is 55.7 Å². The van der Waals surface area contributed by atoms with Crippen molar-refractivity contribution in [3.8, 4) is 5.75 Å². The van der Waals surface area contributed by atoms with Crippen molar-refractivity contribution in [3.63, 3.8) is 0 Å². The fourth-order valence-corrected chi connectivity index (χ4v) is 8.58. The molecule has 0 amide bonds. The molecule has 8 heteroatoms. The van der Waals surface area contributed by atoms with Gasteiger partial charge in [0.1, 0.15) is 16.7 Å². The topological polar surface area (TPSA) is 52.6 Å². The van der Waals surface area contributed by atoms with Crippen LogP contribution in [0.2, 0.25) is 5.02 Å². The van der Waals surface area contributed by atoms with E-state index in [0.717, 1.165) is 12.1 Å². The molecular weight excluding hydrogens is 458 g/mol. The Kier molecular flexibility index (Phi) is 5.06. The molecule has 2 aromatic rings. The van der Waals surface area contributed by atoms with E-state index in [-0.39, 0.29) is 47.2 Å². The van der Waals surface area contributed by atoms with Crippen LogP contribution in [-0.4, -0.2) is 21.1 Å². The van der Waals surface area contributed by atoms with Gasteiger partial charge >= 0.3 is 0 Å². The molecule has 32 heavy (non-hydrogen) atoms. The Bertz CT molecular complexity index is 1200. The van der Waals surface area contributed by atoms with E-state index in [1.54, 1.807) is 0 Å². The van der Waals surface area contributed by atoms with Crippen LogP contribution in [-0.2, 0) is 19.3 Å². The highest BCUT2D eigenvalue weighted by Gasteiger charge is 2.65. The van der Waals surface area contributed by atoms with Gasteiger partial charge in [0.2, 0.25) is 0 Å². The standard InChI is InChI=1S/C24H23ClF2O4S/c1-3-16-13(2)31-20-10-11-24(32(28,29)15-6-4-14(25)5-7-15)17(21(16)20)12-30-23-19(27)9-8-18(26)22(23)24/h4-9,16-17,20-21H,2-3,10-12H2,1H3/t16-,17-,20+,21-,24-/m0/s1. The Morgan fingerprint density at radius 3 is 2.53 bits per heavy atom. The average molecular weight is 481 g/mol. The van der Waals surface area contributed by atoms with Crippen LogP contribution >= 0.6 is 11.6 Å². The SMILES string of the molecule is C=C1O[C@@H]2CC[C@@]3(S(=O)(=O)c4ccc(Cl)cc4)c4c(F)ccc(F)c4OC[C@H]3[C@@H]2[C@H]1CC. The summed E-state index contributed by atoms with van der Waals surface area (Å²) in [5.74, 6) is -2.21. The maximum Gasteiger partial charge on any atom is 0.188 e. The van der Waals surface area contributed by atoms with Gasteiger partial charge in [-0.1, -0.05) is 25.1 Å². The summed E-state index contributed by atoms with van der Waals surface area (Å²) in [6, 6.07) is 7.77. The van der Waals surface area contributed by atoms with Crippen molar-refractivity contribution in [2.24, 2.45) is 17.8 Å². The van der Waals surface area contributed by atoms with E-state index < -0.39 is 32.1 Å². The number of hydrogen-bond donors (Lipinski definition) is 0. The first-order chi connectivity index (χ1) is 15.2. The van der Waals surface area contributed by atoms with Gasteiger partial charge in [0.15, 0.2) is 21.4 Å². The monoisotopic (exact) mass is 480 g/mol. The first-order valence-corrected chi connectivity index (χ1v) is 12.6. The Morgan fingerprint density at radius 2 is 1.84 bits per heavy atom. The zero-order valence-electron chi connectivity index (χ0n) is 17.5. The molecule has 0 N–H and O–H groups in total. The summed E-state index contributed by atoms with van der Waals surface area (Å²) in [4.78, 5) is 0.0210. The fraction of sp³-hybridized carbons (Fsp3) is 0.417. The molecular formula is C24H23ClF2O4S. The third kappa shape index (κ3) is 2.80. The second-order valence-electron chi connectivity index (χ2n) is 8.75. The summed E-state index contributed by atoms with van der Waals surface area (Å²) in [6.07, 6.45) is 0.947. The number of rotatable bonds is 3. The van der Waals surface area contributed by atoms with Gasteiger partial charge in [0.25, 0.3) is 0 Å². The summed E-state index contributed by atoms with van der Waals surface area (Å²) in [7, 11) is -4.17. The molecule has 0 bridgehead atoms. The van der Waals surface area contributed by atoms with Gasteiger partial charge in [-0.3, -0.25) is 0 Å². The highest BCUT2D eigenvalue weighted by Crippen LogP contribution is 2.62. The lowest BCUT2D eigenvalue weighted by Crippen LogP contribution is -2.57. The molecule has 2 aliphatic heterocycles. The van der Waals surface area contributed by atoms with Gasteiger partial charge in [0, 0.05) is 22.8 Å². The van der Waals surface area contributed by atoms with E-state index in [4.69, 9.17) is 21.1 Å². The van der Waals surface area contributed by atoms with E-state index in [1.807, 2.05) is 6.92 Å². The number of hydrogen-bond acceptors (Lipinski definition) is 4. The first kappa shape index (κ1) is 21.7. The third-order valence-electron chi connectivity index (χ3n) is 7.41. The predicted molar refractivity (Wildman–Crippen MR) is 116 cm³/mol. The van der Waals surface area contributed by atoms with Gasteiger partial charge in [0.05, 0.1) is 22.8 Å². The molecule has 2 heterocycles. The number of ether oxygens (including phenoxy) is 2. The molecule has 0 aromatic heterocycles. The van der Waals surface area contributed by atoms with Crippen LogP contribution in [0.5, 0.6) is 5.75 Å². The fourth-order valence-electron chi connectivity index (χ4n) is 6.07. The van der Waals surface area contributed by atoms with Crippen LogP contribution in [0.1, 0.15) is 31.7 Å². The Labute approximate surface area is 191 Å². The van der Waals surface area contributed by atoms with Crippen molar-refractivity contribution in [1.82, 2.24) is 0 Å². The van der Waals surface area contributed by atoms with E-state index >= 15 is 4.39 Å². The zero-order chi connectivity index (χ0) is 22.8. The largest absolute Gasteiger partial charge is 0.495 e. The maximum absolute atomic E-state index is 15.4. The molecule has 2 fully saturated rings. The molecule has 0 radical (unpaired) electrons. The van der Waals surface area contributed by atoms with Gasteiger partial charge in [-0.2, -0.15) is 0 Å². The van der Waals surface area contributed by atoms with E-state index in [2.05, 4.69) is 6.58 Å². The maximum atomic E-state index is 15.4. The number of fused-ring (bicyclic) bond motifs is 5. The third-order valence-corrected chi connectivity index (χ3v) is 10.2. The van der Waals surface area contributed by atoms with Gasteiger partial charge in [-0.25, -0.2) is 17.2 Å². The highest BCUT2D eigenvalue weighted by molar-refractivity contribution is 7.92. The minimum absolute atomic E-state index is 0.0210.